The topological polar surface area (TPSA) is 84.7 Å². The molecule has 0 spiro atoms. The first-order valence-corrected chi connectivity index (χ1v) is 8.98. The van der Waals surface area contributed by atoms with Crippen LogP contribution in [0.5, 0.6) is 0 Å². The molecule has 0 atom stereocenters. The van der Waals surface area contributed by atoms with Gasteiger partial charge in [0.25, 0.3) is 11.6 Å². The number of rotatable bonds is 5. The smallest absolute Gasteiger partial charge is 0.293 e. The lowest BCUT2D eigenvalue weighted by Crippen LogP contribution is -2.36. The Hall–Kier alpha value is -2.93. The Morgan fingerprint density at radius 2 is 1.93 bits per heavy atom. The molecular weight excluding hydrogens is 346 g/mol. The first kappa shape index (κ1) is 18.8. The quantitative estimate of drug-likeness (QED) is 0.640. The number of nitrogens with zero attached hydrogens (tertiary/aromatic N) is 2. The van der Waals surface area contributed by atoms with E-state index < -0.39 is 4.92 Å². The maximum absolute atomic E-state index is 12.6. The third-order valence-electron chi connectivity index (χ3n) is 4.60. The summed E-state index contributed by atoms with van der Waals surface area (Å²) in [4.78, 5) is 25.6. The second-order valence-corrected chi connectivity index (χ2v) is 6.79. The van der Waals surface area contributed by atoms with Crippen molar-refractivity contribution >= 4 is 23.0 Å². The number of hydrogen-bond donors (Lipinski definition) is 1. The van der Waals surface area contributed by atoms with Gasteiger partial charge < -0.3 is 15.0 Å². The van der Waals surface area contributed by atoms with Gasteiger partial charge in [-0.05, 0) is 35.7 Å². The monoisotopic (exact) mass is 369 g/mol. The number of nitrogens with one attached hydrogen (secondary N) is 1. The van der Waals surface area contributed by atoms with E-state index in [1.54, 1.807) is 18.2 Å². The minimum atomic E-state index is -0.443. The van der Waals surface area contributed by atoms with Crippen molar-refractivity contribution in [3.63, 3.8) is 0 Å². The van der Waals surface area contributed by atoms with Gasteiger partial charge in [0, 0.05) is 30.4 Å². The predicted molar refractivity (Wildman–Crippen MR) is 105 cm³/mol. The highest BCUT2D eigenvalue weighted by Gasteiger charge is 2.23. The van der Waals surface area contributed by atoms with Crippen LogP contribution in [0, 0.1) is 10.1 Å². The zero-order chi connectivity index (χ0) is 19.4. The Morgan fingerprint density at radius 3 is 2.59 bits per heavy atom. The number of ether oxygens (including phenoxy) is 1. The fourth-order valence-electron chi connectivity index (χ4n) is 3.06. The van der Waals surface area contributed by atoms with Crippen molar-refractivity contribution in [2.24, 2.45) is 0 Å². The van der Waals surface area contributed by atoms with Crippen LogP contribution in [-0.2, 0) is 4.74 Å². The summed E-state index contributed by atoms with van der Waals surface area (Å²) in [7, 11) is 0. The van der Waals surface area contributed by atoms with Crippen molar-refractivity contribution in [3.8, 4) is 0 Å². The molecule has 2 aromatic carbocycles. The van der Waals surface area contributed by atoms with Crippen molar-refractivity contribution < 1.29 is 14.5 Å². The molecule has 1 N–H and O–H groups in total. The standard InChI is InChI=1S/C20H23N3O4/c1-14(2)15-4-3-5-17(12-15)21-20(24)16-6-7-18(19(13-16)23(25)26)22-8-10-27-11-9-22/h3-7,12-14H,8-11H2,1-2H3,(H,21,24). The Labute approximate surface area is 158 Å². The normalized spacial score (nSPS) is 14.3. The van der Waals surface area contributed by atoms with Crippen molar-refractivity contribution in [2.45, 2.75) is 19.8 Å². The molecule has 0 bridgehead atoms. The number of nitro groups is 1. The lowest BCUT2D eigenvalue weighted by atomic mass is 10.0. The van der Waals surface area contributed by atoms with Gasteiger partial charge in [0.1, 0.15) is 5.69 Å². The number of benzene rings is 2. The minimum Gasteiger partial charge on any atom is -0.378 e. The summed E-state index contributed by atoms with van der Waals surface area (Å²) in [5.74, 6) is -0.0247. The van der Waals surface area contributed by atoms with E-state index in [4.69, 9.17) is 4.74 Å². The van der Waals surface area contributed by atoms with E-state index in [-0.39, 0.29) is 17.2 Å². The highest BCUT2D eigenvalue weighted by molar-refractivity contribution is 6.05. The molecule has 0 saturated carbocycles. The molecular formula is C20H23N3O4. The minimum absolute atomic E-state index is 0.0690. The van der Waals surface area contributed by atoms with Gasteiger partial charge >= 0.3 is 0 Å². The largest absolute Gasteiger partial charge is 0.378 e. The number of hydrogen-bond acceptors (Lipinski definition) is 5. The third-order valence-corrected chi connectivity index (χ3v) is 4.60. The van der Waals surface area contributed by atoms with E-state index in [0.717, 1.165) is 5.56 Å². The number of carbonyl (C=O) groups is 1. The van der Waals surface area contributed by atoms with Crippen LogP contribution in [0.2, 0.25) is 0 Å². The number of morpholine rings is 1. The van der Waals surface area contributed by atoms with Crippen molar-refractivity contribution in [1.29, 1.82) is 0 Å². The van der Waals surface area contributed by atoms with E-state index >= 15 is 0 Å². The summed E-state index contributed by atoms with van der Waals surface area (Å²) in [6.07, 6.45) is 0. The van der Waals surface area contributed by atoms with Crippen LogP contribution >= 0.6 is 0 Å². The summed E-state index contributed by atoms with van der Waals surface area (Å²) >= 11 is 0. The van der Waals surface area contributed by atoms with Gasteiger partial charge in [0.2, 0.25) is 0 Å². The molecule has 1 amide bonds. The van der Waals surface area contributed by atoms with E-state index in [1.807, 2.05) is 23.1 Å². The highest BCUT2D eigenvalue weighted by atomic mass is 16.6. The summed E-state index contributed by atoms with van der Waals surface area (Å²) < 4.78 is 5.30. The van der Waals surface area contributed by atoms with Crippen LogP contribution in [0.25, 0.3) is 0 Å². The third kappa shape index (κ3) is 4.43. The molecule has 7 heteroatoms. The van der Waals surface area contributed by atoms with E-state index in [0.29, 0.717) is 43.6 Å². The number of carbonyl (C=O) groups excluding carboxylic acids is 1. The molecule has 0 aliphatic carbocycles. The Bertz CT molecular complexity index is 845. The zero-order valence-corrected chi connectivity index (χ0v) is 15.5. The molecule has 1 heterocycles. The number of amides is 1. The second-order valence-electron chi connectivity index (χ2n) is 6.79. The predicted octanol–water partition coefficient (Wildman–Crippen LogP) is 3.81. The average molecular weight is 369 g/mol. The molecule has 0 unspecified atom stereocenters. The van der Waals surface area contributed by atoms with Gasteiger partial charge in [-0.3, -0.25) is 14.9 Å². The zero-order valence-electron chi connectivity index (χ0n) is 15.5. The lowest BCUT2D eigenvalue weighted by Gasteiger charge is -2.28. The SMILES string of the molecule is CC(C)c1cccc(NC(=O)c2ccc(N3CCOCC3)c([N+](=O)[O-])c2)c1. The first-order chi connectivity index (χ1) is 13.0. The Balaban J connectivity index is 1.83. The van der Waals surface area contributed by atoms with E-state index in [9.17, 15) is 14.9 Å². The van der Waals surface area contributed by atoms with Gasteiger partial charge in [-0.25, -0.2) is 0 Å². The highest BCUT2D eigenvalue weighted by Crippen LogP contribution is 2.30. The lowest BCUT2D eigenvalue weighted by molar-refractivity contribution is -0.384. The summed E-state index contributed by atoms with van der Waals surface area (Å²) in [6.45, 7) is 6.41. The summed E-state index contributed by atoms with van der Waals surface area (Å²) in [5.41, 5.74) is 2.49. The maximum Gasteiger partial charge on any atom is 0.293 e. The molecule has 27 heavy (non-hydrogen) atoms. The summed E-state index contributed by atoms with van der Waals surface area (Å²) in [6, 6.07) is 12.2. The van der Waals surface area contributed by atoms with Gasteiger partial charge in [0.15, 0.2) is 0 Å². The van der Waals surface area contributed by atoms with Crippen molar-refractivity contribution in [2.75, 3.05) is 36.5 Å². The first-order valence-electron chi connectivity index (χ1n) is 8.98. The summed E-state index contributed by atoms with van der Waals surface area (Å²) in [5, 5.41) is 14.4. The molecule has 7 nitrogen and oxygen atoms in total. The van der Waals surface area contributed by atoms with Gasteiger partial charge in [-0.2, -0.15) is 0 Å². The van der Waals surface area contributed by atoms with Crippen molar-refractivity contribution in [1.82, 2.24) is 0 Å². The van der Waals surface area contributed by atoms with Crippen LogP contribution in [0.3, 0.4) is 0 Å². The molecule has 1 aliphatic heterocycles. The van der Waals surface area contributed by atoms with Gasteiger partial charge in [-0.1, -0.05) is 26.0 Å². The molecule has 1 saturated heterocycles. The van der Waals surface area contributed by atoms with Crippen molar-refractivity contribution in [3.05, 3.63) is 63.7 Å². The van der Waals surface area contributed by atoms with Crippen LogP contribution < -0.4 is 10.2 Å². The Kier molecular flexibility index (Phi) is 5.71. The molecule has 142 valence electrons. The average Bonchev–Trinajstić information content (AvgIpc) is 2.68. The molecule has 1 fully saturated rings. The van der Waals surface area contributed by atoms with Gasteiger partial charge in [0.05, 0.1) is 18.1 Å². The molecule has 0 aromatic heterocycles. The second kappa shape index (κ2) is 8.18. The van der Waals surface area contributed by atoms with Gasteiger partial charge in [-0.15, -0.1) is 0 Å². The maximum atomic E-state index is 12.6. The fraction of sp³-hybridized carbons (Fsp3) is 0.350. The van der Waals surface area contributed by atoms with Crippen LogP contribution in [-0.4, -0.2) is 37.1 Å². The van der Waals surface area contributed by atoms with E-state index in [2.05, 4.69) is 19.2 Å². The fourth-order valence-corrected chi connectivity index (χ4v) is 3.06. The van der Waals surface area contributed by atoms with E-state index in [1.165, 1.54) is 6.07 Å². The molecule has 3 rings (SSSR count). The number of nitro benzene ring substituents is 1. The molecule has 1 aliphatic rings. The van der Waals surface area contributed by atoms with Crippen LogP contribution in [0.4, 0.5) is 17.1 Å². The number of anilines is 2. The molecule has 2 aromatic rings. The Morgan fingerprint density at radius 1 is 1.19 bits per heavy atom. The van der Waals surface area contributed by atoms with Crippen LogP contribution in [0.15, 0.2) is 42.5 Å². The molecule has 0 radical (unpaired) electrons. The van der Waals surface area contributed by atoms with Crippen LogP contribution in [0.1, 0.15) is 35.7 Å².